The van der Waals surface area contributed by atoms with Crippen LogP contribution in [0.25, 0.3) is 133 Å². The van der Waals surface area contributed by atoms with Crippen molar-refractivity contribution >= 4 is 65.6 Å². The van der Waals surface area contributed by atoms with Gasteiger partial charge in [0.15, 0.2) is 5.82 Å². The van der Waals surface area contributed by atoms with Crippen molar-refractivity contribution in [3.05, 3.63) is 212 Å². The third kappa shape index (κ3) is 5.83. The molecule has 0 aliphatic carbocycles. The van der Waals surface area contributed by atoms with Crippen LogP contribution in [0.1, 0.15) is 0 Å². The maximum atomic E-state index is 6.62. The van der Waals surface area contributed by atoms with E-state index in [1.54, 1.807) is 0 Å². The Kier molecular flexibility index (Phi) is 8.15. The summed E-state index contributed by atoms with van der Waals surface area (Å²) in [4.78, 5) is 15.7. The Labute approximate surface area is 367 Å². The van der Waals surface area contributed by atoms with Crippen molar-refractivity contribution in [3.63, 3.8) is 0 Å². The molecule has 0 aliphatic heterocycles. The molecule has 0 unspecified atom stereocenters. The first-order valence-corrected chi connectivity index (χ1v) is 21.5. The van der Waals surface area contributed by atoms with Gasteiger partial charge in [0.25, 0.3) is 0 Å². The molecule has 0 atom stereocenters. The van der Waals surface area contributed by atoms with Gasteiger partial charge in [0, 0.05) is 71.1 Å². The first-order valence-electron chi connectivity index (χ1n) is 21.5. The van der Waals surface area contributed by atoms with Gasteiger partial charge in [-0.3, -0.25) is 0 Å². The van der Waals surface area contributed by atoms with Crippen LogP contribution >= 0.6 is 0 Å². The van der Waals surface area contributed by atoms with E-state index in [2.05, 4.69) is 170 Å². The van der Waals surface area contributed by atoms with Crippen molar-refractivity contribution in [1.82, 2.24) is 15.0 Å². The highest BCUT2D eigenvalue weighted by atomic mass is 16.3. The number of nitrogens with zero attached hydrogens (tertiary/aromatic N) is 3. The van der Waals surface area contributed by atoms with Crippen LogP contribution in [0.5, 0.6) is 0 Å². The molecular formula is C59H35N3O2. The lowest BCUT2D eigenvalue weighted by atomic mass is 9.89. The molecule has 64 heavy (non-hydrogen) atoms. The Morgan fingerprint density at radius 1 is 0.312 bits per heavy atom. The van der Waals surface area contributed by atoms with Crippen molar-refractivity contribution in [3.8, 4) is 67.4 Å². The van der Waals surface area contributed by atoms with Crippen LogP contribution in [0.2, 0.25) is 0 Å². The summed E-state index contributed by atoms with van der Waals surface area (Å²) in [5, 5.41) is 7.71. The standard InChI is InChI=1S/C59H35N3O2/c1-3-15-37(16-4-1)54-55-45-22-7-10-26-48(45)60-57(47(55)34-53-56(54)46-23-9-12-28-52(46)63-53)38-31-29-36(30-32-38)49-35-50(62-59(61-49)39-17-5-2-6-18-39)41-20-13-19-40(33-41)42-24-14-25-44-43-21-8-11-27-51(43)64-58(42)44/h1-35H. The summed E-state index contributed by atoms with van der Waals surface area (Å²) in [5.41, 5.74) is 15.2. The second-order valence-electron chi connectivity index (χ2n) is 16.3. The molecule has 5 heteroatoms. The van der Waals surface area contributed by atoms with E-state index in [-0.39, 0.29) is 0 Å². The zero-order chi connectivity index (χ0) is 42.1. The molecule has 0 amide bonds. The van der Waals surface area contributed by atoms with E-state index in [1.807, 2.05) is 42.5 Å². The molecule has 13 rings (SSSR count). The second kappa shape index (κ2) is 14.5. The number of para-hydroxylation sites is 4. The van der Waals surface area contributed by atoms with Gasteiger partial charge in [0.05, 0.1) is 22.6 Å². The summed E-state index contributed by atoms with van der Waals surface area (Å²) >= 11 is 0. The summed E-state index contributed by atoms with van der Waals surface area (Å²) in [6.07, 6.45) is 0. The minimum Gasteiger partial charge on any atom is -0.456 e. The van der Waals surface area contributed by atoms with E-state index in [4.69, 9.17) is 23.8 Å². The molecule has 9 aromatic carbocycles. The van der Waals surface area contributed by atoms with Gasteiger partial charge < -0.3 is 8.83 Å². The zero-order valence-corrected chi connectivity index (χ0v) is 34.4. The van der Waals surface area contributed by atoms with E-state index in [0.29, 0.717) is 5.82 Å². The molecule has 5 nitrogen and oxygen atoms in total. The van der Waals surface area contributed by atoms with Gasteiger partial charge >= 0.3 is 0 Å². The molecule has 0 fully saturated rings. The normalized spacial score (nSPS) is 11.8. The van der Waals surface area contributed by atoms with Crippen molar-refractivity contribution in [2.24, 2.45) is 0 Å². The van der Waals surface area contributed by atoms with Gasteiger partial charge in [0.2, 0.25) is 0 Å². The summed E-state index contributed by atoms with van der Waals surface area (Å²) in [7, 11) is 0. The van der Waals surface area contributed by atoms with Crippen LogP contribution in [-0.2, 0) is 0 Å². The number of benzene rings is 9. The number of fused-ring (bicyclic) bond motifs is 9. The SMILES string of the molecule is c1ccc(-c2nc(-c3ccc(-c4nc5ccccc5c5c(-c6ccccc6)c6c(cc45)oc4ccccc46)cc3)cc(-c3cccc(-c4cccc5c4oc4ccccc45)c3)n2)cc1. The molecule has 0 spiro atoms. The fraction of sp³-hybridized carbons (Fsp3) is 0. The van der Waals surface area contributed by atoms with E-state index >= 15 is 0 Å². The Bertz CT molecular complexity index is 3950. The van der Waals surface area contributed by atoms with Gasteiger partial charge in [-0.15, -0.1) is 0 Å². The third-order valence-corrected chi connectivity index (χ3v) is 12.5. The Morgan fingerprint density at radius 3 is 1.70 bits per heavy atom. The number of pyridine rings is 1. The van der Waals surface area contributed by atoms with Crippen molar-refractivity contribution in [2.75, 3.05) is 0 Å². The number of rotatable bonds is 6. The highest BCUT2D eigenvalue weighted by molar-refractivity contribution is 6.27. The summed E-state index contributed by atoms with van der Waals surface area (Å²) in [5.74, 6) is 0.660. The fourth-order valence-corrected chi connectivity index (χ4v) is 9.51. The van der Waals surface area contributed by atoms with Crippen LogP contribution < -0.4 is 0 Å². The number of hydrogen-bond acceptors (Lipinski definition) is 5. The average molecular weight is 818 g/mol. The first-order chi connectivity index (χ1) is 31.7. The van der Waals surface area contributed by atoms with Gasteiger partial charge in [-0.1, -0.05) is 176 Å². The number of aromatic nitrogens is 3. The minimum atomic E-state index is 0.660. The van der Waals surface area contributed by atoms with Crippen LogP contribution in [0.3, 0.4) is 0 Å². The Balaban J connectivity index is 0.968. The first kappa shape index (κ1) is 36.0. The highest BCUT2D eigenvalue weighted by Crippen LogP contribution is 2.46. The largest absolute Gasteiger partial charge is 0.456 e. The predicted octanol–water partition coefficient (Wildman–Crippen LogP) is 16.0. The van der Waals surface area contributed by atoms with Gasteiger partial charge in [-0.05, 0) is 47.5 Å². The average Bonchev–Trinajstić information content (AvgIpc) is 3.94. The molecule has 4 heterocycles. The minimum absolute atomic E-state index is 0.660. The van der Waals surface area contributed by atoms with E-state index in [0.717, 1.165) is 127 Å². The lowest BCUT2D eigenvalue weighted by Crippen LogP contribution is -1.96. The van der Waals surface area contributed by atoms with Crippen molar-refractivity contribution < 1.29 is 8.83 Å². The molecule has 0 aliphatic rings. The fourth-order valence-electron chi connectivity index (χ4n) is 9.51. The third-order valence-electron chi connectivity index (χ3n) is 12.5. The van der Waals surface area contributed by atoms with Crippen LogP contribution in [-0.4, -0.2) is 15.0 Å². The summed E-state index contributed by atoms with van der Waals surface area (Å²) in [6.45, 7) is 0. The molecule has 4 aromatic heterocycles. The Morgan fingerprint density at radius 2 is 0.906 bits per heavy atom. The number of furan rings is 2. The number of hydrogen-bond donors (Lipinski definition) is 0. The second-order valence-corrected chi connectivity index (χ2v) is 16.3. The van der Waals surface area contributed by atoms with Gasteiger partial charge in [-0.25, -0.2) is 15.0 Å². The highest BCUT2D eigenvalue weighted by Gasteiger charge is 2.22. The predicted molar refractivity (Wildman–Crippen MR) is 262 cm³/mol. The smallest absolute Gasteiger partial charge is 0.160 e. The Hall–Kier alpha value is -8.67. The molecule has 298 valence electrons. The lowest BCUT2D eigenvalue weighted by Gasteiger charge is -2.16. The lowest BCUT2D eigenvalue weighted by molar-refractivity contribution is 0.669. The quantitative estimate of drug-likeness (QED) is 0.156. The maximum Gasteiger partial charge on any atom is 0.160 e. The van der Waals surface area contributed by atoms with Gasteiger partial charge in [-0.2, -0.15) is 0 Å². The monoisotopic (exact) mass is 817 g/mol. The molecule has 13 aromatic rings. The van der Waals surface area contributed by atoms with Crippen molar-refractivity contribution in [1.29, 1.82) is 0 Å². The molecular weight excluding hydrogens is 783 g/mol. The van der Waals surface area contributed by atoms with E-state index in [1.165, 1.54) is 0 Å². The summed E-state index contributed by atoms with van der Waals surface area (Å²) < 4.78 is 13.1. The van der Waals surface area contributed by atoms with Crippen LogP contribution in [0.15, 0.2) is 221 Å². The van der Waals surface area contributed by atoms with Crippen molar-refractivity contribution in [2.45, 2.75) is 0 Å². The molecule has 0 radical (unpaired) electrons. The maximum absolute atomic E-state index is 6.62. The van der Waals surface area contributed by atoms with E-state index in [9.17, 15) is 0 Å². The van der Waals surface area contributed by atoms with Crippen LogP contribution in [0.4, 0.5) is 0 Å². The summed E-state index contributed by atoms with van der Waals surface area (Å²) in [6, 6.07) is 73.6. The van der Waals surface area contributed by atoms with Gasteiger partial charge in [0.1, 0.15) is 22.3 Å². The molecule has 0 bridgehead atoms. The zero-order valence-electron chi connectivity index (χ0n) is 34.4. The van der Waals surface area contributed by atoms with E-state index < -0.39 is 0 Å². The topological polar surface area (TPSA) is 65.0 Å². The van der Waals surface area contributed by atoms with Crippen LogP contribution in [0, 0.1) is 0 Å². The molecule has 0 saturated carbocycles. The molecule has 0 saturated heterocycles. The molecule has 0 N–H and O–H groups in total.